The fourth-order valence-corrected chi connectivity index (χ4v) is 3.79. The van der Waals surface area contributed by atoms with E-state index in [0.29, 0.717) is 37.7 Å². The molecular weight excluding hydrogens is 342 g/mol. The molecule has 2 aromatic rings. The number of hydrogen-bond acceptors (Lipinski definition) is 5. The lowest BCUT2D eigenvalue weighted by Crippen LogP contribution is -2.47. The van der Waals surface area contributed by atoms with Gasteiger partial charge in [-0.25, -0.2) is 4.98 Å². The summed E-state index contributed by atoms with van der Waals surface area (Å²) in [6.45, 7) is 6.68. The molecule has 2 saturated heterocycles. The third-order valence-corrected chi connectivity index (χ3v) is 5.37. The Labute approximate surface area is 159 Å². The number of anilines is 2. The fraction of sp³-hybridized carbons (Fsp3) is 0.429. The van der Waals surface area contributed by atoms with Crippen LogP contribution >= 0.6 is 0 Å². The summed E-state index contributed by atoms with van der Waals surface area (Å²) in [5.41, 5.74) is 3.96. The molecule has 1 aromatic heterocycles. The number of ether oxygens (including phenoxy) is 2. The molecule has 2 aliphatic heterocycles. The number of hydrogen-bond donors (Lipinski definition) is 1. The molecule has 3 heterocycles. The number of pyridine rings is 1. The van der Waals surface area contributed by atoms with Crippen LogP contribution < -0.4 is 5.32 Å². The molecule has 0 atom stereocenters. The number of para-hydroxylation sites is 1. The second-order valence-corrected chi connectivity index (χ2v) is 7.22. The topological polar surface area (TPSA) is 63.7 Å². The van der Waals surface area contributed by atoms with Crippen LogP contribution in [0, 0.1) is 13.8 Å². The summed E-state index contributed by atoms with van der Waals surface area (Å²) >= 11 is 0. The maximum atomic E-state index is 12.9. The third-order valence-electron chi connectivity index (χ3n) is 5.37. The van der Waals surface area contributed by atoms with Crippen molar-refractivity contribution in [3.63, 3.8) is 0 Å². The van der Waals surface area contributed by atoms with Crippen LogP contribution in [-0.4, -0.2) is 47.9 Å². The molecule has 0 unspecified atom stereocenters. The molecule has 0 bridgehead atoms. The van der Waals surface area contributed by atoms with Gasteiger partial charge >= 0.3 is 0 Å². The first kappa shape index (κ1) is 17.9. The van der Waals surface area contributed by atoms with Crippen LogP contribution in [0.2, 0.25) is 0 Å². The van der Waals surface area contributed by atoms with Crippen LogP contribution in [0.25, 0.3) is 0 Å². The van der Waals surface area contributed by atoms with E-state index in [1.54, 1.807) is 12.3 Å². The molecule has 0 saturated carbocycles. The van der Waals surface area contributed by atoms with Crippen molar-refractivity contribution in [3.05, 3.63) is 53.2 Å². The Morgan fingerprint density at radius 3 is 2.44 bits per heavy atom. The number of benzene rings is 1. The lowest BCUT2D eigenvalue weighted by atomic mass is 10.0. The smallest absolute Gasteiger partial charge is 0.254 e. The van der Waals surface area contributed by atoms with E-state index in [1.807, 2.05) is 17.0 Å². The van der Waals surface area contributed by atoms with Crippen LogP contribution in [0.1, 0.15) is 34.3 Å². The number of aromatic nitrogens is 1. The Bertz CT molecular complexity index is 816. The third kappa shape index (κ3) is 3.68. The minimum absolute atomic E-state index is 0.0230. The molecule has 0 aliphatic carbocycles. The summed E-state index contributed by atoms with van der Waals surface area (Å²) in [6, 6.07) is 9.73. The van der Waals surface area contributed by atoms with Gasteiger partial charge in [-0.05, 0) is 37.1 Å². The Morgan fingerprint density at radius 1 is 1.11 bits per heavy atom. The van der Waals surface area contributed by atoms with Gasteiger partial charge in [0.05, 0.1) is 13.2 Å². The largest absolute Gasteiger partial charge is 0.347 e. The van der Waals surface area contributed by atoms with E-state index in [9.17, 15) is 4.79 Å². The first-order valence-electron chi connectivity index (χ1n) is 9.43. The number of carbonyl (C=O) groups excluding carboxylic acids is 1. The normalized spacial score (nSPS) is 18.7. The highest BCUT2D eigenvalue weighted by Gasteiger charge is 2.40. The predicted octanol–water partition coefficient (Wildman–Crippen LogP) is 3.42. The van der Waals surface area contributed by atoms with Crippen LogP contribution in [0.5, 0.6) is 0 Å². The van der Waals surface area contributed by atoms with Crippen molar-refractivity contribution in [1.29, 1.82) is 0 Å². The number of rotatable bonds is 3. The van der Waals surface area contributed by atoms with Crippen LogP contribution in [0.4, 0.5) is 11.5 Å². The monoisotopic (exact) mass is 367 g/mol. The van der Waals surface area contributed by atoms with Gasteiger partial charge in [-0.3, -0.25) is 4.79 Å². The summed E-state index contributed by atoms with van der Waals surface area (Å²) < 4.78 is 11.5. The number of carbonyl (C=O) groups is 1. The van der Waals surface area contributed by atoms with Crippen LogP contribution in [0.3, 0.4) is 0 Å². The number of nitrogens with zero attached hydrogens (tertiary/aromatic N) is 2. The highest BCUT2D eigenvalue weighted by atomic mass is 16.7. The number of nitrogens with one attached hydrogen (secondary N) is 1. The molecule has 6 heteroatoms. The van der Waals surface area contributed by atoms with E-state index in [2.05, 4.69) is 36.3 Å². The van der Waals surface area contributed by atoms with Crippen molar-refractivity contribution in [1.82, 2.24) is 9.88 Å². The maximum Gasteiger partial charge on any atom is 0.254 e. The van der Waals surface area contributed by atoms with E-state index in [4.69, 9.17) is 9.47 Å². The molecule has 1 amide bonds. The average molecular weight is 367 g/mol. The van der Waals surface area contributed by atoms with E-state index in [-0.39, 0.29) is 5.91 Å². The molecule has 142 valence electrons. The molecule has 27 heavy (non-hydrogen) atoms. The zero-order valence-electron chi connectivity index (χ0n) is 15.8. The molecule has 2 aliphatic rings. The van der Waals surface area contributed by atoms with Crippen molar-refractivity contribution in [2.75, 3.05) is 31.6 Å². The maximum absolute atomic E-state index is 12.9. The van der Waals surface area contributed by atoms with Crippen molar-refractivity contribution in [3.8, 4) is 0 Å². The molecular formula is C21H25N3O3. The molecule has 1 spiro atoms. The quantitative estimate of drug-likeness (QED) is 0.901. The second-order valence-electron chi connectivity index (χ2n) is 7.22. The lowest BCUT2D eigenvalue weighted by molar-refractivity contribution is -0.181. The minimum Gasteiger partial charge on any atom is -0.347 e. The molecule has 1 N–H and O–H groups in total. The van der Waals surface area contributed by atoms with Gasteiger partial charge in [0.15, 0.2) is 5.79 Å². The van der Waals surface area contributed by atoms with Gasteiger partial charge in [0, 0.05) is 43.4 Å². The Kier molecular flexibility index (Phi) is 4.85. The van der Waals surface area contributed by atoms with Crippen molar-refractivity contribution < 1.29 is 14.3 Å². The van der Waals surface area contributed by atoms with Gasteiger partial charge < -0.3 is 19.7 Å². The fourth-order valence-electron chi connectivity index (χ4n) is 3.79. The Hall–Kier alpha value is -2.44. The number of amides is 1. The van der Waals surface area contributed by atoms with Gasteiger partial charge in [0.1, 0.15) is 5.82 Å². The van der Waals surface area contributed by atoms with Gasteiger partial charge in [0.25, 0.3) is 5.91 Å². The van der Waals surface area contributed by atoms with E-state index >= 15 is 0 Å². The summed E-state index contributed by atoms with van der Waals surface area (Å²) in [5.74, 6) is 0.230. The van der Waals surface area contributed by atoms with Crippen molar-refractivity contribution in [2.45, 2.75) is 32.5 Å². The summed E-state index contributed by atoms with van der Waals surface area (Å²) in [4.78, 5) is 19.2. The SMILES string of the molecule is Cc1cccc(C)c1Nc1cc(C(=O)N2CCC3(CC2)OCCO3)ccn1. The van der Waals surface area contributed by atoms with E-state index in [0.717, 1.165) is 29.7 Å². The average Bonchev–Trinajstić information content (AvgIpc) is 3.13. The molecule has 1 aromatic carbocycles. The first-order chi connectivity index (χ1) is 13.1. The van der Waals surface area contributed by atoms with Gasteiger partial charge in [-0.15, -0.1) is 0 Å². The zero-order valence-corrected chi connectivity index (χ0v) is 15.8. The number of piperidine rings is 1. The number of aryl methyl sites for hydroxylation is 2. The Balaban J connectivity index is 1.47. The van der Waals surface area contributed by atoms with Gasteiger partial charge in [-0.1, -0.05) is 18.2 Å². The highest BCUT2D eigenvalue weighted by Crippen LogP contribution is 2.32. The summed E-state index contributed by atoms with van der Waals surface area (Å²) in [5, 5.41) is 3.36. The predicted molar refractivity (Wildman–Crippen MR) is 103 cm³/mol. The zero-order chi connectivity index (χ0) is 18.9. The first-order valence-corrected chi connectivity index (χ1v) is 9.43. The van der Waals surface area contributed by atoms with Gasteiger partial charge in [-0.2, -0.15) is 0 Å². The summed E-state index contributed by atoms with van der Waals surface area (Å²) in [7, 11) is 0. The summed E-state index contributed by atoms with van der Waals surface area (Å²) in [6.07, 6.45) is 3.12. The van der Waals surface area contributed by atoms with Crippen LogP contribution in [0.15, 0.2) is 36.5 Å². The van der Waals surface area contributed by atoms with Crippen molar-refractivity contribution >= 4 is 17.4 Å². The van der Waals surface area contributed by atoms with Gasteiger partial charge in [0.2, 0.25) is 0 Å². The van der Waals surface area contributed by atoms with E-state index < -0.39 is 5.79 Å². The second kappa shape index (κ2) is 7.29. The molecule has 6 nitrogen and oxygen atoms in total. The molecule has 2 fully saturated rings. The highest BCUT2D eigenvalue weighted by molar-refractivity contribution is 5.95. The number of likely N-dealkylation sites (tertiary alicyclic amines) is 1. The molecule has 0 radical (unpaired) electrons. The van der Waals surface area contributed by atoms with Crippen molar-refractivity contribution in [2.24, 2.45) is 0 Å². The lowest BCUT2D eigenvalue weighted by Gasteiger charge is -2.37. The standard InChI is InChI=1S/C21H25N3O3/c1-15-4-3-5-16(2)19(15)23-18-14-17(6-9-22-18)20(25)24-10-7-21(8-11-24)26-12-13-27-21/h3-6,9,14H,7-8,10-13H2,1-2H3,(H,22,23). The molecule has 4 rings (SSSR count). The Morgan fingerprint density at radius 2 is 1.78 bits per heavy atom. The van der Waals surface area contributed by atoms with E-state index in [1.165, 1.54) is 0 Å². The van der Waals surface area contributed by atoms with Crippen LogP contribution in [-0.2, 0) is 9.47 Å². The minimum atomic E-state index is -0.468.